The highest BCUT2D eigenvalue weighted by Gasteiger charge is 2.27. The molecule has 0 aliphatic carbocycles. The van der Waals surface area contributed by atoms with E-state index in [1.807, 2.05) is 15.7 Å². The third kappa shape index (κ3) is 5.06. The van der Waals surface area contributed by atoms with E-state index < -0.39 is 0 Å². The van der Waals surface area contributed by atoms with Crippen molar-refractivity contribution in [2.24, 2.45) is 0 Å². The van der Waals surface area contributed by atoms with Gasteiger partial charge in [0.05, 0.1) is 13.0 Å². The highest BCUT2D eigenvalue weighted by Crippen LogP contribution is 2.15. The number of hydrogen-bond acceptors (Lipinski definition) is 5. The topological polar surface area (TPSA) is 67.7 Å². The van der Waals surface area contributed by atoms with E-state index >= 15 is 0 Å². The molecule has 0 N–H and O–H groups in total. The van der Waals surface area contributed by atoms with Crippen LogP contribution in [0.4, 0.5) is 0 Å². The number of aryl methyl sites for hydroxylation is 2. The molecule has 0 radical (unpaired) electrons. The summed E-state index contributed by atoms with van der Waals surface area (Å²) in [7, 11) is 4.11. The average molecular weight is 336 g/mol. The molecule has 0 bridgehead atoms. The number of esters is 1. The van der Waals surface area contributed by atoms with Crippen LogP contribution in [0.1, 0.15) is 32.0 Å². The molecule has 1 saturated heterocycles. The lowest BCUT2D eigenvalue weighted by Gasteiger charge is -2.20. The Morgan fingerprint density at radius 1 is 1.38 bits per heavy atom. The van der Waals surface area contributed by atoms with E-state index in [9.17, 15) is 9.59 Å². The van der Waals surface area contributed by atoms with Gasteiger partial charge in [0.25, 0.3) is 0 Å². The van der Waals surface area contributed by atoms with Gasteiger partial charge in [0.2, 0.25) is 5.91 Å². The molecule has 7 nitrogen and oxygen atoms in total. The highest BCUT2D eigenvalue weighted by molar-refractivity contribution is 5.76. The molecule has 1 aliphatic heterocycles. The minimum Gasteiger partial charge on any atom is -0.466 e. The Kier molecular flexibility index (Phi) is 6.78. The smallest absolute Gasteiger partial charge is 0.307 e. The SMILES string of the molecule is CCOC(=O)CCn1ccnc1CCC(=O)N1CCC(N(C)C)C1. The van der Waals surface area contributed by atoms with Crippen LogP contribution in [-0.2, 0) is 27.3 Å². The van der Waals surface area contributed by atoms with Crippen LogP contribution in [0.25, 0.3) is 0 Å². The van der Waals surface area contributed by atoms with Crippen LogP contribution in [0.2, 0.25) is 0 Å². The summed E-state index contributed by atoms with van der Waals surface area (Å²) in [5, 5.41) is 0. The number of likely N-dealkylation sites (tertiary alicyclic amines) is 1. The first-order valence-electron chi connectivity index (χ1n) is 8.61. The largest absolute Gasteiger partial charge is 0.466 e. The number of nitrogens with zero attached hydrogens (tertiary/aromatic N) is 4. The molecular formula is C17H28N4O3. The van der Waals surface area contributed by atoms with Gasteiger partial charge in [0, 0.05) is 50.9 Å². The standard InChI is InChI=1S/C17H28N4O3/c1-4-24-17(23)8-11-20-12-9-18-15(20)5-6-16(22)21-10-7-14(13-21)19(2)3/h9,12,14H,4-8,10-11,13H2,1-3H3. The van der Waals surface area contributed by atoms with Crippen molar-refractivity contribution in [2.45, 2.75) is 45.2 Å². The minimum atomic E-state index is -0.208. The Labute approximate surface area is 143 Å². The summed E-state index contributed by atoms with van der Waals surface area (Å²) in [6.45, 7) is 4.37. The van der Waals surface area contributed by atoms with E-state index in [2.05, 4.69) is 24.0 Å². The van der Waals surface area contributed by atoms with Gasteiger partial charge in [-0.1, -0.05) is 0 Å². The van der Waals surface area contributed by atoms with E-state index in [4.69, 9.17) is 4.74 Å². The molecule has 7 heteroatoms. The monoisotopic (exact) mass is 336 g/mol. The third-order valence-electron chi connectivity index (χ3n) is 4.47. The van der Waals surface area contributed by atoms with Gasteiger partial charge in [-0.05, 0) is 27.4 Å². The Morgan fingerprint density at radius 3 is 2.83 bits per heavy atom. The number of imidazole rings is 1. The second kappa shape index (κ2) is 8.82. The molecule has 1 aromatic rings. The van der Waals surface area contributed by atoms with Crippen LogP contribution >= 0.6 is 0 Å². The Bertz CT molecular complexity index is 556. The van der Waals surface area contributed by atoms with E-state index in [0.717, 1.165) is 25.3 Å². The van der Waals surface area contributed by atoms with Crippen LogP contribution < -0.4 is 0 Å². The molecule has 2 rings (SSSR count). The zero-order valence-electron chi connectivity index (χ0n) is 14.9. The molecule has 0 spiro atoms. The fraction of sp³-hybridized carbons (Fsp3) is 0.706. The third-order valence-corrected chi connectivity index (χ3v) is 4.47. The second-order valence-corrected chi connectivity index (χ2v) is 6.34. The lowest BCUT2D eigenvalue weighted by Crippen LogP contribution is -2.34. The maximum absolute atomic E-state index is 12.4. The molecule has 0 aromatic carbocycles. The van der Waals surface area contributed by atoms with Crippen LogP contribution in [0.5, 0.6) is 0 Å². The number of likely N-dealkylation sites (N-methyl/N-ethyl adjacent to an activating group) is 1. The summed E-state index contributed by atoms with van der Waals surface area (Å²) in [4.78, 5) is 32.3. The van der Waals surface area contributed by atoms with Gasteiger partial charge >= 0.3 is 5.97 Å². The number of rotatable bonds is 8. The van der Waals surface area contributed by atoms with Crippen molar-refractivity contribution in [3.63, 3.8) is 0 Å². The lowest BCUT2D eigenvalue weighted by atomic mass is 10.2. The molecule has 134 valence electrons. The van der Waals surface area contributed by atoms with Gasteiger partial charge in [0.15, 0.2) is 0 Å². The Balaban J connectivity index is 1.79. The van der Waals surface area contributed by atoms with Crippen molar-refractivity contribution in [3.05, 3.63) is 18.2 Å². The van der Waals surface area contributed by atoms with E-state index in [1.165, 1.54) is 0 Å². The molecule has 1 amide bonds. The molecule has 1 aliphatic rings. The maximum Gasteiger partial charge on any atom is 0.307 e. The summed E-state index contributed by atoms with van der Waals surface area (Å²) in [6.07, 6.45) is 5.96. The number of ether oxygens (including phenoxy) is 1. The average Bonchev–Trinajstić information content (AvgIpc) is 3.20. The van der Waals surface area contributed by atoms with Gasteiger partial charge in [-0.2, -0.15) is 0 Å². The van der Waals surface area contributed by atoms with Crippen molar-refractivity contribution in [2.75, 3.05) is 33.8 Å². The molecule has 1 atom stereocenters. The van der Waals surface area contributed by atoms with Crippen LogP contribution in [0.15, 0.2) is 12.4 Å². The molecule has 2 heterocycles. The second-order valence-electron chi connectivity index (χ2n) is 6.34. The van der Waals surface area contributed by atoms with E-state index in [0.29, 0.717) is 38.5 Å². The normalized spacial score (nSPS) is 17.5. The number of hydrogen-bond donors (Lipinski definition) is 0. The summed E-state index contributed by atoms with van der Waals surface area (Å²) in [6, 6.07) is 0.459. The summed E-state index contributed by atoms with van der Waals surface area (Å²) >= 11 is 0. The minimum absolute atomic E-state index is 0.180. The molecular weight excluding hydrogens is 308 g/mol. The molecule has 1 unspecified atom stereocenters. The van der Waals surface area contributed by atoms with Crippen molar-refractivity contribution in [3.8, 4) is 0 Å². The van der Waals surface area contributed by atoms with E-state index in [1.54, 1.807) is 13.1 Å². The van der Waals surface area contributed by atoms with Crippen molar-refractivity contribution >= 4 is 11.9 Å². The first-order valence-corrected chi connectivity index (χ1v) is 8.61. The van der Waals surface area contributed by atoms with E-state index in [-0.39, 0.29) is 11.9 Å². The number of carbonyl (C=O) groups excluding carboxylic acids is 2. The number of amides is 1. The Hall–Kier alpha value is -1.89. The summed E-state index contributed by atoms with van der Waals surface area (Å²) in [5.74, 6) is 0.815. The number of aromatic nitrogens is 2. The van der Waals surface area contributed by atoms with Crippen molar-refractivity contribution in [1.82, 2.24) is 19.4 Å². The predicted molar refractivity (Wildman–Crippen MR) is 90.5 cm³/mol. The fourth-order valence-corrected chi connectivity index (χ4v) is 2.98. The Morgan fingerprint density at radius 2 is 2.17 bits per heavy atom. The first kappa shape index (κ1) is 18.4. The number of carbonyl (C=O) groups is 2. The zero-order chi connectivity index (χ0) is 17.5. The van der Waals surface area contributed by atoms with Crippen LogP contribution in [-0.4, -0.2) is 71.1 Å². The molecule has 1 aromatic heterocycles. The predicted octanol–water partition coefficient (Wildman–Crippen LogP) is 0.931. The lowest BCUT2D eigenvalue weighted by molar-refractivity contribution is -0.143. The van der Waals surface area contributed by atoms with Gasteiger partial charge < -0.3 is 19.1 Å². The zero-order valence-corrected chi connectivity index (χ0v) is 14.9. The fourth-order valence-electron chi connectivity index (χ4n) is 2.98. The van der Waals surface area contributed by atoms with Crippen LogP contribution in [0, 0.1) is 0 Å². The molecule has 24 heavy (non-hydrogen) atoms. The molecule has 0 saturated carbocycles. The van der Waals surface area contributed by atoms with Crippen molar-refractivity contribution in [1.29, 1.82) is 0 Å². The highest BCUT2D eigenvalue weighted by atomic mass is 16.5. The van der Waals surface area contributed by atoms with Gasteiger partial charge in [-0.3, -0.25) is 9.59 Å². The first-order chi connectivity index (χ1) is 11.5. The van der Waals surface area contributed by atoms with Gasteiger partial charge in [-0.25, -0.2) is 4.98 Å². The maximum atomic E-state index is 12.4. The van der Waals surface area contributed by atoms with Crippen LogP contribution in [0.3, 0.4) is 0 Å². The summed E-state index contributed by atoms with van der Waals surface area (Å²) < 4.78 is 6.87. The van der Waals surface area contributed by atoms with Gasteiger partial charge in [-0.15, -0.1) is 0 Å². The summed E-state index contributed by atoms with van der Waals surface area (Å²) in [5.41, 5.74) is 0. The van der Waals surface area contributed by atoms with Crippen molar-refractivity contribution < 1.29 is 14.3 Å². The molecule has 1 fully saturated rings. The quantitative estimate of drug-likeness (QED) is 0.661. The van der Waals surface area contributed by atoms with Gasteiger partial charge in [0.1, 0.15) is 5.82 Å².